The molecule has 1 N–H and O–H groups in total. The first-order valence-electron chi connectivity index (χ1n) is 7.11. The number of esters is 1. The van der Waals surface area contributed by atoms with Gasteiger partial charge in [0, 0.05) is 30.0 Å². The van der Waals surface area contributed by atoms with Crippen molar-refractivity contribution in [1.29, 1.82) is 0 Å². The zero-order chi connectivity index (χ0) is 17.3. The first kappa shape index (κ1) is 16.3. The van der Waals surface area contributed by atoms with Crippen LogP contribution >= 0.6 is 11.6 Å². The Hall–Kier alpha value is -2.57. The number of carbonyl (C=O) groups is 2. The molecule has 0 spiro atoms. The number of H-pyrrole nitrogens is 1. The number of furan rings is 1. The average molecular weight is 348 g/mol. The van der Waals surface area contributed by atoms with E-state index in [4.69, 9.17) is 25.5 Å². The van der Waals surface area contributed by atoms with Crippen LogP contribution in [0, 0.1) is 0 Å². The monoisotopic (exact) mass is 347 g/mol. The number of benzene rings is 1. The molecule has 3 aromatic rings. The predicted molar refractivity (Wildman–Crippen MR) is 87.5 cm³/mol. The highest BCUT2D eigenvalue weighted by atomic mass is 35.5. The van der Waals surface area contributed by atoms with Crippen molar-refractivity contribution >= 4 is 34.3 Å². The van der Waals surface area contributed by atoms with Crippen LogP contribution < -0.4 is 4.74 Å². The number of nitrogens with one attached hydrogen (secondary N) is 1. The third-order valence-electron chi connectivity index (χ3n) is 3.44. The SMILES string of the molecule is COCc1ccoc1C(=O)c1[nH]c2cc(Cl)ccc2c1OC(C)=O. The molecule has 0 radical (unpaired) electrons. The molecule has 1 aromatic carbocycles. The van der Waals surface area contributed by atoms with Crippen molar-refractivity contribution in [3.8, 4) is 5.75 Å². The van der Waals surface area contributed by atoms with Gasteiger partial charge in [0.15, 0.2) is 11.5 Å². The zero-order valence-electron chi connectivity index (χ0n) is 13.0. The number of carbonyl (C=O) groups excluding carboxylic acids is 2. The van der Waals surface area contributed by atoms with Gasteiger partial charge >= 0.3 is 5.97 Å². The molecule has 0 saturated carbocycles. The fourth-order valence-corrected chi connectivity index (χ4v) is 2.64. The molecule has 0 atom stereocenters. The van der Waals surface area contributed by atoms with Crippen molar-refractivity contribution in [2.24, 2.45) is 0 Å². The molecule has 0 aliphatic heterocycles. The molecule has 7 heteroatoms. The maximum absolute atomic E-state index is 12.9. The van der Waals surface area contributed by atoms with Gasteiger partial charge in [-0.15, -0.1) is 0 Å². The van der Waals surface area contributed by atoms with E-state index in [1.165, 1.54) is 20.3 Å². The van der Waals surface area contributed by atoms with E-state index in [2.05, 4.69) is 4.98 Å². The minimum atomic E-state index is -0.531. The number of hydrogen-bond donors (Lipinski definition) is 1. The van der Waals surface area contributed by atoms with Gasteiger partial charge in [-0.3, -0.25) is 9.59 Å². The van der Waals surface area contributed by atoms with E-state index < -0.39 is 11.8 Å². The van der Waals surface area contributed by atoms with Crippen molar-refractivity contribution in [1.82, 2.24) is 4.98 Å². The van der Waals surface area contributed by atoms with E-state index in [-0.39, 0.29) is 23.8 Å². The third kappa shape index (κ3) is 2.93. The Morgan fingerprint density at radius 2 is 2.08 bits per heavy atom. The molecule has 0 saturated heterocycles. The molecule has 0 aliphatic rings. The second kappa shape index (κ2) is 6.51. The molecule has 24 heavy (non-hydrogen) atoms. The summed E-state index contributed by atoms with van der Waals surface area (Å²) in [5, 5.41) is 1.08. The highest BCUT2D eigenvalue weighted by molar-refractivity contribution is 6.31. The minimum absolute atomic E-state index is 0.120. The Kier molecular flexibility index (Phi) is 4.42. The van der Waals surface area contributed by atoms with E-state index in [0.29, 0.717) is 21.5 Å². The molecule has 3 rings (SSSR count). The topological polar surface area (TPSA) is 81.5 Å². The van der Waals surface area contributed by atoms with Gasteiger partial charge in [-0.25, -0.2) is 0 Å². The van der Waals surface area contributed by atoms with Crippen LogP contribution in [-0.4, -0.2) is 23.8 Å². The molecule has 124 valence electrons. The standard InChI is InChI=1S/C17H14ClNO5/c1-9(20)24-17-12-4-3-11(18)7-13(12)19-14(17)15(21)16-10(8-22-2)5-6-23-16/h3-7,19H,8H2,1-2H3. The number of rotatable bonds is 5. The summed E-state index contributed by atoms with van der Waals surface area (Å²) in [4.78, 5) is 27.2. The average Bonchev–Trinajstić information content (AvgIpc) is 3.11. The van der Waals surface area contributed by atoms with Crippen LogP contribution in [-0.2, 0) is 16.1 Å². The largest absolute Gasteiger partial charge is 0.460 e. The van der Waals surface area contributed by atoms with Gasteiger partial charge in [-0.05, 0) is 24.3 Å². The molecule has 2 aromatic heterocycles. The Morgan fingerprint density at radius 3 is 2.79 bits per heavy atom. The summed E-state index contributed by atoms with van der Waals surface area (Å²) in [6.45, 7) is 1.50. The van der Waals surface area contributed by atoms with Gasteiger partial charge in [0.1, 0.15) is 5.69 Å². The van der Waals surface area contributed by atoms with Crippen LogP contribution in [0.1, 0.15) is 28.7 Å². The van der Waals surface area contributed by atoms with Crippen LogP contribution in [0.4, 0.5) is 0 Å². The molecule has 0 bridgehead atoms. The van der Waals surface area contributed by atoms with Gasteiger partial charge in [-0.2, -0.15) is 0 Å². The van der Waals surface area contributed by atoms with Crippen molar-refractivity contribution in [3.05, 3.63) is 52.6 Å². The van der Waals surface area contributed by atoms with Gasteiger partial charge in [0.05, 0.1) is 18.4 Å². The predicted octanol–water partition coefficient (Wildman–Crippen LogP) is 3.72. The molecule has 0 fully saturated rings. The van der Waals surface area contributed by atoms with Crippen molar-refractivity contribution in [2.45, 2.75) is 13.5 Å². The number of fused-ring (bicyclic) bond motifs is 1. The summed E-state index contributed by atoms with van der Waals surface area (Å²) >= 11 is 5.98. The lowest BCUT2D eigenvalue weighted by atomic mass is 10.1. The normalized spacial score (nSPS) is 11.0. The van der Waals surface area contributed by atoms with Crippen LogP contribution in [0.2, 0.25) is 5.02 Å². The summed E-state index contributed by atoms with van der Waals surface area (Å²) in [5.41, 5.74) is 1.31. The number of methoxy groups -OCH3 is 1. The van der Waals surface area contributed by atoms with Crippen LogP contribution in [0.5, 0.6) is 5.75 Å². The summed E-state index contributed by atoms with van der Waals surface area (Å²) < 4.78 is 15.6. The van der Waals surface area contributed by atoms with E-state index in [1.807, 2.05) is 0 Å². The highest BCUT2D eigenvalue weighted by Gasteiger charge is 2.26. The molecular weight excluding hydrogens is 334 g/mol. The number of ether oxygens (including phenoxy) is 2. The van der Waals surface area contributed by atoms with Crippen LogP contribution in [0.15, 0.2) is 34.9 Å². The molecule has 0 amide bonds. The zero-order valence-corrected chi connectivity index (χ0v) is 13.8. The van der Waals surface area contributed by atoms with Gasteiger partial charge in [0.2, 0.25) is 5.78 Å². The first-order chi connectivity index (χ1) is 11.5. The second-order valence-corrected chi connectivity index (χ2v) is 5.59. The van der Waals surface area contributed by atoms with E-state index >= 15 is 0 Å². The van der Waals surface area contributed by atoms with Crippen molar-refractivity contribution in [3.63, 3.8) is 0 Å². The molecule has 0 unspecified atom stereocenters. The fourth-order valence-electron chi connectivity index (χ4n) is 2.47. The first-order valence-corrected chi connectivity index (χ1v) is 7.48. The lowest BCUT2D eigenvalue weighted by Crippen LogP contribution is -2.09. The minimum Gasteiger partial charge on any atom is -0.460 e. The number of aromatic nitrogens is 1. The second-order valence-electron chi connectivity index (χ2n) is 5.15. The Balaban J connectivity index is 2.15. The van der Waals surface area contributed by atoms with Gasteiger partial charge < -0.3 is 18.9 Å². The van der Waals surface area contributed by atoms with Gasteiger partial charge in [-0.1, -0.05) is 11.6 Å². The summed E-state index contributed by atoms with van der Waals surface area (Å²) in [7, 11) is 1.52. The smallest absolute Gasteiger partial charge is 0.308 e. The Morgan fingerprint density at radius 1 is 1.29 bits per heavy atom. The number of hydrogen-bond acceptors (Lipinski definition) is 5. The van der Waals surface area contributed by atoms with Gasteiger partial charge in [0.25, 0.3) is 0 Å². The maximum Gasteiger partial charge on any atom is 0.308 e. The van der Waals surface area contributed by atoms with Crippen LogP contribution in [0.25, 0.3) is 10.9 Å². The summed E-state index contributed by atoms with van der Waals surface area (Å²) in [5.74, 6) is -0.686. The molecule has 0 aliphatic carbocycles. The maximum atomic E-state index is 12.9. The highest BCUT2D eigenvalue weighted by Crippen LogP contribution is 2.34. The van der Waals surface area contributed by atoms with E-state index in [9.17, 15) is 9.59 Å². The Labute approximate surface area is 142 Å². The summed E-state index contributed by atoms with van der Waals surface area (Å²) in [6, 6.07) is 6.64. The molecular formula is C17H14ClNO5. The van der Waals surface area contributed by atoms with Crippen LogP contribution in [0.3, 0.4) is 0 Å². The lowest BCUT2D eigenvalue weighted by Gasteiger charge is -2.04. The third-order valence-corrected chi connectivity index (χ3v) is 3.67. The number of aromatic amines is 1. The van der Waals surface area contributed by atoms with E-state index in [0.717, 1.165) is 0 Å². The van der Waals surface area contributed by atoms with E-state index in [1.54, 1.807) is 24.3 Å². The fraction of sp³-hybridized carbons (Fsp3) is 0.176. The summed E-state index contributed by atoms with van der Waals surface area (Å²) in [6.07, 6.45) is 1.41. The Bertz CT molecular complexity index is 924. The van der Waals surface area contributed by atoms with Crippen molar-refractivity contribution in [2.75, 3.05) is 7.11 Å². The number of ketones is 1. The van der Waals surface area contributed by atoms with Crippen molar-refractivity contribution < 1.29 is 23.5 Å². The quantitative estimate of drug-likeness (QED) is 0.562. The molecule has 2 heterocycles. The molecule has 6 nitrogen and oxygen atoms in total. The number of halogens is 1. The lowest BCUT2D eigenvalue weighted by molar-refractivity contribution is -0.131.